The van der Waals surface area contributed by atoms with Gasteiger partial charge in [0.05, 0.1) is 0 Å². The van der Waals surface area contributed by atoms with Crippen LogP contribution in [0.2, 0.25) is 0 Å². The van der Waals surface area contributed by atoms with Gasteiger partial charge in [0.25, 0.3) is 7.55 Å². The van der Waals surface area contributed by atoms with E-state index in [9.17, 15) is 0 Å². The first-order valence-corrected chi connectivity index (χ1v) is 3.57. The Morgan fingerprint density at radius 2 is 1.33 bits per heavy atom. The molecule has 0 unspecified atom stereocenters. The molecular formula is C6H17BN2. The second-order valence-electron chi connectivity index (χ2n) is 2.49. The van der Waals surface area contributed by atoms with Crippen LogP contribution in [0.5, 0.6) is 0 Å². The van der Waals surface area contributed by atoms with Crippen molar-refractivity contribution in [2.45, 2.75) is 13.8 Å². The number of nitrogens with zero attached hydrogens (tertiary/aromatic N) is 2. The van der Waals surface area contributed by atoms with E-state index in [4.69, 9.17) is 0 Å². The minimum atomic E-state index is 1.08. The summed E-state index contributed by atoms with van der Waals surface area (Å²) in [5.74, 6) is 0. The molecule has 0 saturated heterocycles. The molecule has 0 aromatic heterocycles. The van der Waals surface area contributed by atoms with E-state index in [1.807, 2.05) is 0 Å². The van der Waals surface area contributed by atoms with Crippen LogP contribution in [0.4, 0.5) is 0 Å². The van der Waals surface area contributed by atoms with Gasteiger partial charge in [-0.05, 0) is 27.2 Å². The summed E-state index contributed by atoms with van der Waals surface area (Å²) in [4.78, 5) is 4.56. The zero-order chi connectivity index (χ0) is 7.28. The molecule has 0 saturated carbocycles. The molecular weight excluding hydrogens is 111 g/mol. The molecule has 0 aromatic rings. The Labute approximate surface area is 59.1 Å². The van der Waals surface area contributed by atoms with Crippen LogP contribution < -0.4 is 0 Å². The Morgan fingerprint density at radius 3 is 1.56 bits per heavy atom. The zero-order valence-corrected chi connectivity index (χ0v) is 7.02. The van der Waals surface area contributed by atoms with Gasteiger partial charge in [0.2, 0.25) is 0 Å². The van der Waals surface area contributed by atoms with Gasteiger partial charge in [-0.15, -0.1) is 0 Å². The summed E-state index contributed by atoms with van der Waals surface area (Å²) in [7, 11) is 5.34. The first kappa shape index (κ1) is 8.98. The van der Waals surface area contributed by atoms with Crippen LogP contribution >= 0.6 is 0 Å². The second kappa shape index (κ2) is 4.83. The quantitative estimate of drug-likeness (QED) is 0.497. The van der Waals surface area contributed by atoms with Crippen molar-refractivity contribution in [2.75, 3.05) is 27.2 Å². The number of hydrogen-bond acceptors (Lipinski definition) is 2. The van der Waals surface area contributed by atoms with Crippen molar-refractivity contribution < 1.29 is 0 Å². The van der Waals surface area contributed by atoms with Crippen LogP contribution in [0.1, 0.15) is 13.8 Å². The van der Waals surface area contributed by atoms with Gasteiger partial charge in [0.15, 0.2) is 0 Å². The third-order valence-corrected chi connectivity index (χ3v) is 1.56. The molecule has 0 N–H and O–H groups in total. The lowest BCUT2D eigenvalue weighted by atomic mass is 10.1. The molecule has 0 atom stereocenters. The Kier molecular flexibility index (Phi) is 4.82. The SMILES string of the molecule is CCN(C)BN(C)CC. The van der Waals surface area contributed by atoms with Gasteiger partial charge in [-0.2, -0.15) is 0 Å². The first-order chi connectivity index (χ1) is 4.20. The monoisotopic (exact) mass is 128 g/mol. The molecule has 0 aliphatic rings. The molecule has 0 aliphatic heterocycles. The predicted molar refractivity (Wildman–Crippen MR) is 43.8 cm³/mol. The van der Waals surface area contributed by atoms with Crippen LogP contribution in [0.15, 0.2) is 0 Å². The third-order valence-electron chi connectivity index (χ3n) is 1.56. The Balaban J connectivity index is 3.22. The van der Waals surface area contributed by atoms with E-state index in [2.05, 4.69) is 37.6 Å². The molecule has 0 fully saturated rings. The smallest absolute Gasteiger partial charge is 0.291 e. The van der Waals surface area contributed by atoms with Crippen molar-refractivity contribution in [1.29, 1.82) is 0 Å². The number of hydrogen-bond donors (Lipinski definition) is 0. The van der Waals surface area contributed by atoms with Gasteiger partial charge in [0, 0.05) is 0 Å². The summed E-state index contributed by atoms with van der Waals surface area (Å²) in [6, 6.07) is 0. The summed E-state index contributed by atoms with van der Waals surface area (Å²) in [5.41, 5.74) is 0. The van der Waals surface area contributed by atoms with Crippen LogP contribution in [-0.4, -0.2) is 44.4 Å². The second-order valence-corrected chi connectivity index (χ2v) is 2.49. The maximum Gasteiger partial charge on any atom is 0.291 e. The third kappa shape index (κ3) is 4.49. The minimum absolute atomic E-state index is 1.08. The average Bonchev–Trinajstić information content (AvgIpc) is 1.87. The molecule has 0 heterocycles. The number of rotatable bonds is 4. The van der Waals surface area contributed by atoms with E-state index in [0.29, 0.717) is 0 Å². The highest BCUT2D eigenvalue weighted by Gasteiger charge is 2.00. The topological polar surface area (TPSA) is 6.48 Å². The molecule has 0 amide bonds. The summed E-state index contributed by atoms with van der Waals surface area (Å²) in [6.45, 7) is 6.60. The lowest BCUT2D eigenvalue weighted by Crippen LogP contribution is -2.36. The van der Waals surface area contributed by atoms with Gasteiger partial charge in [-0.3, -0.25) is 0 Å². The van der Waals surface area contributed by atoms with Crippen molar-refractivity contribution in [1.82, 2.24) is 9.62 Å². The zero-order valence-electron chi connectivity index (χ0n) is 7.02. The molecule has 0 bridgehead atoms. The average molecular weight is 128 g/mol. The van der Waals surface area contributed by atoms with Crippen molar-refractivity contribution in [3.63, 3.8) is 0 Å². The van der Waals surface area contributed by atoms with Gasteiger partial charge >= 0.3 is 0 Å². The Morgan fingerprint density at radius 1 is 1.00 bits per heavy atom. The summed E-state index contributed by atoms with van der Waals surface area (Å²) < 4.78 is 0. The highest BCUT2D eigenvalue weighted by atomic mass is 15.1. The maximum absolute atomic E-state index is 2.28. The fourth-order valence-corrected chi connectivity index (χ4v) is 0.612. The van der Waals surface area contributed by atoms with E-state index in [1.54, 1.807) is 0 Å². The fourth-order valence-electron chi connectivity index (χ4n) is 0.612. The lowest BCUT2D eigenvalue weighted by Gasteiger charge is -2.19. The molecule has 54 valence electrons. The van der Waals surface area contributed by atoms with Crippen molar-refractivity contribution in [3.8, 4) is 0 Å². The summed E-state index contributed by atoms with van der Waals surface area (Å²) >= 11 is 0. The van der Waals surface area contributed by atoms with Crippen molar-refractivity contribution >= 4 is 7.55 Å². The van der Waals surface area contributed by atoms with E-state index < -0.39 is 0 Å². The predicted octanol–water partition coefficient (Wildman–Crippen LogP) is 0.156. The normalized spacial score (nSPS) is 10.9. The van der Waals surface area contributed by atoms with E-state index in [-0.39, 0.29) is 0 Å². The van der Waals surface area contributed by atoms with Crippen LogP contribution in [0.25, 0.3) is 0 Å². The maximum atomic E-state index is 2.28. The highest BCUT2D eigenvalue weighted by Crippen LogP contribution is 1.81. The molecule has 0 rings (SSSR count). The van der Waals surface area contributed by atoms with Crippen LogP contribution in [-0.2, 0) is 0 Å². The first-order valence-electron chi connectivity index (χ1n) is 3.57. The van der Waals surface area contributed by atoms with Gasteiger partial charge < -0.3 is 9.62 Å². The Hall–Kier alpha value is -0.0151. The van der Waals surface area contributed by atoms with Crippen LogP contribution in [0.3, 0.4) is 0 Å². The van der Waals surface area contributed by atoms with Gasteiger partial charge in [-0.25, -0.2) is 0 Å². The minimum Gasteiger partial charge on any atom is -0.334 e. The largest absolute Gasteiger partial charge is 0.334 e. The van der Waals surface area contributed by atoms with E-state index in [0.717, 1.165) is 20.6 Å². The van der Waals surface area contributed by atoms with Crippen LogP contribution in [0, 0.1) is 0 Å². The molecule has 3 heteroatoms. The molecule has 0 radical (unpaired) electrons. The fraction of sp³-hybridized carbons (Fsp3) is 1.00. The van der Waals surface area contributed by atoms with Gasteiger partial charge in [-0.1, -0.05) is 13.8 Å². The Bertz CT molecular complexity index is 60.1. The summed E-state index contributed by atoms with van der Waals surface area (Å²) in [5, 5.41) is 0. The molecule has 0 spiro atoms. The molecule has 0 aliphatic carbocycles. The summed E-state index contributed by atoms with van der Waals surface area (Å²) in [6.07, 6.45) is 0. The molecule has 9 heavy (non-hydrogen) atoms. The standard InChI is InChI=1S/C6H17BN2/c1-5-8(3)7-9(4)6-2/h7H,5-6H2,1-4H3. The van der Waals surface area contributed by atoms with E-state index >= 15 is 0 Å². The highest BCUT2D eigenvalue weighted by molar-refractivity contribution is 6.28. The van der Waals surface area contributed by atoms with Gasteiger partial charge in [0.1, 0.15) is 0 Å². The lowest BCUT2D eigenvalue weighted by molar-refractivity contribution is 0.467. The molecule has 2 nitrogen and oxygen atoms in total. The van der Waals surface area contributed by atoms with E-state index in [1.165, 1.54) is 0 Å². The van der Waals surface area contributed by atoms with Crippen molar-refractivity contribution in [3.05, 3.63) is 0 Å². The van der Waals surface area contributed by atoms with Crippen molar-refractivity contribution in [2.24, 2.45) is 0 Å². The molecule has 0 aromatic carbocycles.